The summed E-state index contributed by atoms with van der Waals surface area (Å²) in [6.45, 7) is 3.77. The molecule has 1 aromatic carbocycles. The Balaban J connectivity index is 1.50. The van der Waals surface area contributed by atoms with Crippen LogP contribution in [0.2, 0.25) is 0 Å². The van der Waals surface area contributed by atoms with Gasteiger partial charge in [-0.1, -0.05) is 49.1 Å². The van der Waals surface area contributed by atoms with Gasteiger partial charge in [0.2, 0.25) is 5.91 Å². The maximum absolute atomic E-state index is 13.2. The smallest absolute Gasteiger partial charge is 0.254 e. The number of aryl methyl sites for hydroxylation is 1. The van der Waals surface area contributed by atoms with Crippen molar-refractivity contribution in [1.82, 2.24) is 15.2 Å². The van der Waals surface area contributed by atoms with Crippen molar-refractivity contribution in [2.45, 2.75) is 45.6 Å². The van der Waals surface area contributed by atoms with E-state index >= 15 is 0 Å². The number of benzene rings is 1. The normalized spacial score (nSPS) is 20.6. The van der Waals surface area contributed by atoms with E-state index in [1.807, 2.05) is 17.0 Å². The lowest BCUT2D eigenvalue weighted by molar-refractivity contribution is -0.128. The average molecular weight is 392 g/mol. The first-order chi connectivity index (χ1) is 14.1. The molecule has 1 spiro atoms. The summed E-state index contributed by atoms with van der Waals surface area (Å²) in [5, 5.41) is 3.15. The highest BCUT2D eigenvalue weighted by Crippen LogP contribution is 2.48. The van der Waals surface area contributed by atoms with Gasteiger partial charge in [-0.3, -0.25) is 14.6 Å². The molecule has 1 unspecified atom stereocenters. The van der Waals surface area contributed by atoms with Gasteiger partial charge in [-0.25, -0.2) is 0 Å². The van der Waals surface area contributed by atoms with E-state index in [1.165, 1.54) is 12.0 Å². The van der Waals surface area contributed by atoms with Crippen molar-refractivity contribution in [3.05, 3.63) is 65.5 Å². The summed E-state index contributed by atoms with van der Waals surface area (Å²) in [5.41, 5.74) is 2.86. The van der Waals surface area contributed by atoms with Crippen molar-refractivity contribution in [1.29, 1.82) is 0 Å². The van der Waals surface area contributed by atoms with Crippen molar-refractivity contribution in [3.63, 3.8) is 0 Å². The van der Waals surface area contributed by atoms with Crippen LogP contribution >= 0.6 is 0 Å². The molecule has 2 fully saturated rings. The Hall–Kier alpha value is -2.69. The lowest BCUT2D eigenvalue weighted by Gasteiger charge is -2.37. The van der Waals surface area contributed by atoms with Crippen LogP contribution in [-0.2, 0) is 11.3 Å². The van der Waals surface area contributed by atoms with Crippen LogP contribution in [0.4, 0.5) is 0 Å². The Labute approximate surface area is 172 Å². The molecule has 0 bridgehead atoms. The zero-order valence-corrected chi connectivity index (χ0v) is 17.1. The Morgan fingerprint density at radius 1 is 1.14 bits per heavy atom. The summed E-state index contributed by atoms with van der Waals surface area (Å²) in [6.07, 6.45) is 8.83. The van der Waals surface area contributed by atoms with Crippen LogP contribution < -0.4 is 5.32 Å². The van der Waals surface area contributed by atoms with Crippen molar-refractivity contribution < 1.29 is 9.59 Å². The Morgan fingerprint density at radius 3 is 2.62 bits per heavy atom. The van der Waals surface area contributed by atoms with Gasteiger partial charge in [-0.05, 0) is 37.5 Å². The number of nitrogens with zero attached hydrogens (tertiary/aromatic N) is 2. The molecule has 5 nitrogen and oxygen atoms in total. The summed E-state index contributed by atoms with van der Waals surface area (Å²) >= 11 is 0. The van der Waals surface area contributed by atoms with E-state index in [9.17, 15) is 9.59 Å². The topological polar surface area (TPSA) is 62.3 Å². The van der Waals surface area contributed by atoms with Gasteiger partial charge < -0.3 is 10.2 Å². The molecule has 1 N–H and O–H groups in total. The van der Waals surface area contributed by atoms with Crippen molar-refractivity contribution in [3.8, 4) is 0 Å². The monoisotopic (exact) mass is 391 g/mol. The average Bonchev–Trinajstić information content (AvgIpc) is 3.11. The van der Waals surface area contributed by atoms with Crippen LogP contribution in [0.1, 0.15) is 53.6 Å². The fraction of sp³-hybridized carbons (Fsp3) is 0.458. The molecule has 2 aliphatic rings. The maximum Gasteiger partial charge on any atom is 0.254 e. The van der Waals surface area contributed by atoms with E-state index in [2.05, 4.69) is 29.4 Å². The Bertz CT molecular complexity index is 875. The predicted octanol–water partition coefficient (Wildman–Crippen LogP) is 3.73. The van der Waals surface area contributed by atoms with Crippen LogP contribution in [0.25, 0.3) is 0 Å². The number of hydrogen-bond donors (Lipinski definition) is 1. The van der Waals surface area contributed by atoms with Gasteiger partial charge in [-0.2, -0.15) is 0 Å². The first-order valence-corrected chi connectivity index (χ1v) is 10.6. The van der Waals surface area contributed by atoms with Crippen LogP contribution in [0.15, 0.2) is 48.8 Å². The highest BCUT2D eigenvalue weighted by molar-refractivity contribution is 5.95. The van der Waals surface area contributed by atoms with E-state index < -0.39 is 0 Å². The zero-order chi connectivity index (χ0) is 20.3. The highest BCUT2D eigenvalue weighted by atomic mass is 16.2. The summed E-state index contributed by atoms with van der Waals surface area (Å²) in [6, 6.07) is 11.7. The molecule has 29 heavy (non-hydrogen) atoms. The molecule has 1 atom stereocenters. The van der Waals surface area contributed by atoms with Crippen LogP contribution in [0.5, 0.6) is 0 Å². The number of pyridine rings is 1. The summed E-state index contributed by atoms with van der Waals surface area (Å²) in [4.78, 5) is 32.1. The summed E-state index contributed by atoms with van der Waals surface area (Å²) < 4.78 is 0. The second-order valence-corrected chi connectivity index (χ2v) is 8.60. The molecule has 5 heteroatoms. The number of hydrogen-bond acceptors (Lipinski definition) is 3. The zero-order valence-electron chi connectivity index (χ0n) is 17.1. The number of rotatable bonds is 4. The largest absolute Gasteiger partial charge is 0.352 e. The number of amides is 2. The van der Waals surface area contributed by atoms with Crippen molar-refractivity contribution in [2.75, 3.05) is 13.1 Å². The van der Waals surface area contributed by atoms with Gasteiger partial charge >= 0.3 is 0 Å². The summed E-state index contributed by atoms with van der Waals surface area (Å²) in [7, 11) is 0. The van der Waals surface area contributed by atoms with E-state index in [1.54, 1.807) is 24.5 Å². The number of carbonyl (C=O) groups excluding carboxylic acids is 2. The van der Waals surface area contributed by atoms with E-state index in [4.69, 9.17) is 0 Å². The predicted molar refractivity (Wildman–Crippen MR) is 112 cm³/mol. The minimum atomic E-state index is -0.140. The second kappa shape index (κ2) is 8.36. The Kier molecular flexibility index (Phi) is 5.65. The molecule has 1 aliphatic carbocycles. The number of likely N-dealkylation sites (tertiary alicyclic amines) is 1. The maximum atomic E-state index is 13.2. The first kappa shape index (κ1) is 19.6. The molecule has 2 amide bonds. The molecule has 4 rings (SSSR count). The molecule has 2 heterocycles. The lowest BCUT2D eigenvalue weighted by Crippen LogP contribution is -2.42. The van der Waals surface area contributed by atoms with Crippen molar-refractivity contribution >= 4 is 11.8 Å². The minimum Gasteiger partial charge on any atom is -0.352 e. The van der Waals surface area contributed by atoms with Gasteiger partial charge in [0.15, 0.2) is 0 Å². The molecular formula is C24H29N3O2. The van der Waals surface area contributed by atoms with Crippen LogP contribution in [-0.4, -0.2) is 34.8 Å². The first-order valence-electron chi connectivity index (χ1n) is 10.6. The lowest BCUT2D eigenvalue weighted by atomic mass is 9.67. The second-order valence-electron chi connectivity index (χ2n) is 8.60. The number of carbonyl (C=O) groups is 2. The fourth-order valence-electron chi connectivity index (χ4n) is 5.06. The molecule has 1 saturated heterocycles. The van der Waals surface area contributed by atoms with E-state index in [0.29, 0.717) is 25.2 Å². The summed E-state index contributed by atoms with van der Waals surface area (Å²) in [5.74, 6) is -0.0526. The molecule has 1 saturated carbocycles. The van der Waals surface area contributed by atoms with Crippen molar-refractivity contribution in [2.24, 2.45) is 11.3 Å². The fourth-order valence-corrected chi connectivity index (χ4v) is 5.06. The number of nitrogens with one attached hydrogen (secondary N) is 1. The van der Waals surface area contributed by atoms with Gasteiger partial charge in [0.1, 0.15) is 0 Å². The number of aromatic nitrogens is 1. The van der Waals surface area contributed by atoms with Crippen LogP contribution in [0, 0.1) is 18.3 Å². The quantitative estimate of drug-likeness (QED) is 0.864. The standard InChI is InChI=1S/C24H29N3O2/c1-18-6-5-7-19(14-18)15-26-22(28)21-16-27(17-24(21)10-3-2-4-11-24)23(29)20-8-12-25-13-9-20/h5-9,12-14,21H,2-4,10-11,15-17H2,1H3,(H,26,28). The van der Waals surface area contributed by atoms with Gasteiger partial charge in [0.05, 0.1) is 5.92 Å². The third-order valence-electron chi connectivity index (χ3n) is 6.58. The van der Waals surface area contributed by atoms with Gasteiger partial charge in [-0.15, -0.1) is 0 Å². The molecule has 1 aromatic heterocycles. The van der Waals surface area contributed by atoms with Gasteiger partial charge in [0, 0.05) is 43.0 Å². The Morgan fingerprint density at radius 2 is 1.90 bits per heavy atom. The van der Waals surface area contributed by atoms with E-state index in [-0.39, 0.29) is 23.1 Å². The SMILES string of the molecule is Cc1cccc(CNC(=O)C2CN(C(=O)c3ccncc3)CC23CCCCC3)c1. The third kappa shape index (κ3) is 4.19. The third-order valence-corrected chi connectivity index (χ3v) is 6.58. The molecular weight excluding hydrogens is 362 g/mol. The highest BCUT2D eigenvalue weighted by Gasteiger charge is 2.51. The van der Waals surface area contributed by atoms with Gasteiger partial charge in [0.25, 0.3) is 5.91 Å². The van der Waals surface area contributed by atoms with E-state index in [0.717, 1.165) is 31.2 Å². The molecule has 152 valence electrons. The molecule has 0 radical (unpaired) electrons. The minimum absolute atomic E-state index is 0.00586. The molecule has 1 aliphatic heterocycles. The van der Waals surface area contributed by atoms with Crippen LogP contribution in [0.3, 0.4) is 0 Å². The molecule has 2 aromatic rings.